The molecule has 0 saturated heterocycles. The number of likely N-dealkylation sites (N-methyl/N-ethyl adjacent to an activating group) is 1. The lowest BCUT2D eigenvalue weighted by Gasteiger charge is -2.27. The van der Waals surface area contributed by atoms with Crippen LogP contribution in [0.1, 0.15) is 39.5 Å². The van der Waals surface area contributed by atoms with Crippen molar-refractivity contribution in [2.24, 2.45) is 0 Å². The van der Waals surface area contributed by atoms with Crippen molar-refractivity contribution in [1.82, 2.24) is 5.32 Å². The maximum Gasteiger partial charge on any atom is 0.256 e. The third-order valence-corrected chi connectivity index (χ3v) is 6.12. The normalized spacial score (nSPS) is 22.2. The van der Waals surface area contributed by atoms with Gasteiger partial charge in [0.15, 0.2) is 0 Å². The topological polar surface area (TPSA) is 54.8 Å². The fourth-order valence-corrected chi connectivity index (χ4v) is 4.86. The smallest absolute Gasteiger partial charge is 0.256 e. The highest BCUT2D eigenvalue weighted by atomic mass is 32.1. The Bertz CT molecular complexity index is 769. The molecule has 0 aliphatic carbocycles. The van der Waals surface area contributed by atoms with E-state index in [-0.39, 0.29) is 12.1 Å². The van der Waals surface area contributed by atoms with Crippen LogP contribution >= 0.6 is 11.3 Å². The van der Waals surface area contributed by atoms with Crippen molar-refractivity contribution < 1.29 is 14.4 Å². The summed E-state index contributed by atoms with van der Waals surface area (Å²) in [6, 6.07) is 7.80. The van der Waals surface area contributed by atoms with E-state index in [4.69, 9.17) is 4.74 Å². The Morgan fingerprint density at radius 2 is 2.08 bits per heavy atom. The summed E-state index contributed by atoms with van der Waals surface area (Å²) >= 11 is 1.75. The number of ether oxygens (including phenoxy) is 1. The lowest BCUT2D eigenvalue weighted by atomic mass is 10.0. The summed E-state index contributed by atoms with van der Waals surface area (Å²) in [7, 11) is 1.65. The number of amides is 1. The standard InChI is InChI=1S/C18H21N3O2S/c1-3-21-9-8-13-14(10-21)24-18-15(13)17(22)19-16(20-18)11-4-6-12(23-2)7-5-11/h4-7,16,20H,3,8-10H2,1-2H3,(H,19,22)/p+1/t16-/m0/s1. The molecule has 3 heterocycles. The summed E-state index contributed by atoms with van der Waals surface area (Å²) in [5.41, 5.74) is 3.15. The Kier molecular flexibility index (Phi) is 3.94. The second kappa shape index (κ2) is 6.11. The van der Waals surface area contributed by atoms with Crippen LogP contribution in [0.5, 0.6) is 5.75 Å². The van der Waals surface area contributed by atoms with Crippen LogP contribution in [0.15, 0.2) is 24.3 Å². The minimum Gasteiger partial charge on any atom is -0.497 e. The molecule has 0 radical (unpaired) electrons. The molecule has 2 aliphatic rings. The van der Waals surface area contributed by atoms with Crippen molar-refractivity contribution in [1.29, 1.82) is 0 Å². The Morgan fingerprint density at radius 3 is 2.79 bits per heavy atom. The van der Waals surface area contributed by atoms with Gasteiger partial charge in [-0.1, -0.05) is 12.1 Å². The molecular formula is C18H22N3O2S+. The zero-order valence-corrected chi connectivity index (χ0v) is 14.8. The maximum absolute atomic E-state index is 12.7. The maximum atomic E-state index is 12.7. The first-order chi connectivity index (χ1) is 11.7. The van der Waals surface area contributed by atoms with Crippen molar-refractivity contribution in [3.63, 3.8) is 0 Å². The Hall–Kier alpha value is -2.05. The molecule has 2 aromatic rings. The summed E-state index contributed by atoms with van der Waals surface area (Å²) in [5, 5.41) is 7.62. The van der Waals surface area contributed by atoms with Crippen molar-refractivity contribution in [3.8, 4) is 5.75 Å². The van der Waals surface area contributed by atoms with E-state index in [2.05, 4.69) is 17.6 Å². The van der Waals surface area contributed by atoms with E-state index < -0.39 is 0 Å². The largest absolute Gasteiger partial charge is 0.497 e. The number of rotatable bonds is 3. The van der Waals surface area contributed by atoms with Gasteiger partial charge in [-0.05, 0) is 30.2 Å². The van der Waals surface area contributed by atoms with Gasteiger partial charge in [-0.25, -0.2) is 0 Å². The summed E-state index contributed by atoms with van der Waals surface area (Å²) in [4.78, 5) is 15.7. The number of thiophene rings is 1. The van der Waals surface area contributed by atoms with E-state index >= 15 is 0 Å². The van der Waals surface area contributed by atoms with Crippen LogP contribution in [-0.2, 0) is 13.0 Å². The third-order valence-electron chi connectivity index (χ3n) is 4.96. The van der Waals surface area contributed by atoms with E-state index in [1.165, 1.54) is 10.4 Å². The second-order valence-corrected chi connectivity index (χ2v) is 7.42. The minimum atomic E-state index is -0.189. The van der Waals surface area contributed by atoms with Gasteiger partial charge in [-0.15, -0.1) is 11.3 Å². The zero-order chi connectivity index (χ0) is 16.7. The second-order valence-electron chi connectivity index (χ2n) is 6.31. The molecule has 0 bridgehead atoms. The SMILES string of the molecule is CC[NH+]1CCc2c(sc3c2C(=O)N[C@H](c2ccc(OC)cc2)N3)C1. The summed E-state index contributed by atoms with van der Waals surface area (Å²) in [6.07, 6.45) is 0.803. The molecule has 6 heteroatoms. The van der Waals surface area contributed by atoms with E-state index in [0.29, 0.717) is 0 Å². The van der Waals surface area contributed by atoms with Gasteiger partial charge in [-0.2, -0.15) is 0 Å². The fourth-order valence-electron chi connectivity index (χ4n) is 3.51. The number of carbonyl (C=O) groups is 1. The van der Waals surface area contributed by atoms with Crippen LogP contribution in [0.3, 0.4) is 0 Å². The molecule has 0 spiro atoms. The first kappa shape index (κ1) is 15.5. The van der Waals surface area contributed by atoms with Gasteiger partial charge < -0.3 is 20.3 Å². The van der Waals surface area contributed by atoms with Crippen molar-refractivity contribution in [3.05, 3.63) is 45.8 Å². The Labute approximate surface area is 145 Å². The number of fused-ring (bicyclic) bond motifs is 3. The summed E-state index contributed by atoms with van der Waals surface area (Å²) < 4.78 is 5.20. The molecule has 0 saturated carbocycles. The average Bonchev–Trinajstić information content (AvgIpc) is 2.99. The highest BCUT2D eigenvalue weighted by molar-refractivity contribution is 7.16. The molecule has 1 unspecified atom stereocenters. The number of benzene rings is 1. The predicted octanol–water partition coefficient (Wildman–Crippen LogP) is 1.57. The van der Waals surface area contributed by atoms with Crippen molar-refractivity contribution in [2.45, 2.75) is 26.1 Å². The number of carbonyl (C=O) groups excluding carboxylic acids is 1. The predicted molar refractivity (Wildman–Crippen MR) is 94.9 cm³/mol. The van der Waals surface area contributed by atoms with Crippen LogP contribution in [0.25, 0.3) is 0 Å². The van der Waals surface area contributed by atoms with Crippen LogP contribution in [0.2, 0.25) is 0 Å². The van der Waals surface area contributed by atoms with Crippen LogP contribution in [0.4, 0.5) is 5.00 Å². The molecule has 4 rings (SSSR count). The molecule has 0 fully saturated rings. The van der Waals surface area contributed by atoms with Crippen molar-refractivity contribution in [2.75, 3.05) is 25.5 Å². The third kappa shape index (κ3) is 2.56. The average molecular weight is 344 g/mol. The number of anilines is 1. The molecule has 126 valence electrons. The number of hydrogen-bond acceptors (Lipinski definition) is 4. The lowest BCUT2D eigenvalue weighted by molar-refractivity contribution is -0.913. The summed E-state index contributed by atoms with van der Waals surface area (Å²) in [5.74, 6) is 0.859. The van der Waals surface area contributed by atoms with Crippen LogP contribution in [0, 0.1) is 0 Å². The van der Waals surface area contributed by atoms with Gasteiger partial charge in [-0.3, -0.25) is 4.79 Å². The molecule has 24 heavy (non-hydrogen) atoms. The number of quaternary nitrogens is 1. The first-order valence-electron chi connectivity index (χ1n) is 8.39. The van der Waals surface area contributed by atoms with Crippen molar-refractivity contribution >= 4 is 22.2 Å². The molecule has 1 aromatic heterocycles. The highest BCUT2D eigenvalue weighted by Crippen LogP contribution is 2.39. The molecule has 5 nitrogen and oxygen atoms in total. The summed E-state index contributed by atoms with van der Waals surface area (Å²) in [6.45, 7) is 5.50. The number of nitrogens with one attached hydrogen (secondary N) is 3. The molecule has 1 aromatic carbocycles. The van der Waals surface area contributed by atoms with E-state index in [9.17, 15) is 4.79 Å². The van der Waals surface area contributed by atoms with E-state index in [0.717, 1.165) is 47.9 Å². The van der Waals surface area contributed by atoms with Crippen LogP contribution in [-0.4, -0.2) is 26.1 Å². The van der Waals surface area contributed by atoms with Crippen LogP contribution < -0.4 is 20.3 Å². The monoisotopic (exact) mass is 344 g/mol. The van der Waals surface area contributed by atoms with Gasteiger partial charge in [0.1, 0.15) is 23.5 Å². The quantitative estimate of drug-likeness (QED) is 0.792. The van der Waals surface area contributed by atoms with Gasteiger partial charge in [0.25, 0.3) is 5.91 Å². The fraction of sp³-hybridized carbons (Fsp3) is 0.389. The van der Waals surface area contributed by atoms with E-state index in [1.54, 1.807) is 23.3 Å². The molecule has 2 aliphatic heterocycles. The van der Waals surface area contributed by atoms with Gasteiger partial charge in [0.05, 0.1) is 30.6 Å². The van der Waals surface area contributed by atoms with Gasteiger partial charge in [0, 0.05) is 6.42 Å². The Morgan fingerprint density at radius 1 is 1.29 bits per heavy atom. The minimum absolute atomic E-state index is 0.0435. The molecule has 1 amide bonds. The molecule has 3 N–H and O–H groups in total. The highest BCUT2D eigenvalue weighted by Gasteiger charge is 2.34. The number of methoxy groups -OCH3 is 1. The van der Waals surface area contributed by atoms with Gasteiger partial charge >= 0.3 is 0 Å². The molecular weight excluding hydrogens is 322 g/mol. The first-order valence-corrected chi connectivity index (χ1v) is 9.20. The molecule has 2 atom stereocenters. The number of hydrogen-bond donors (Lipinski definition) is 3. The van der Waals surface area contributed by atoms with E-state index in [1.807, 2.05) is 24.3 Å². The zero-order valence-electron chi connectivity index (χ0n) is 13.9. The van der Waals surface area contributed by atoms with Gasteiger partial charge in [0.2, 0.25) is 0 Å². The Balaban J connectivity index is 1.63. The lowest BCUT2D eigenvalue weighted by Crippen LogP contribution is -3.11.